The Labute approximate surface area is 125 Å². The number of hydrogen-bond acceptors (Lipinski definition) is 2. The van der Waals surface area contributed by atoms with Gasteiger partial charge < -0.3 is 10.4 Å². The Bertz CT molecular complexity index is 672. The highest BCUT2D eigenvalue weighted by molar-refractivity contribution is 5.78. The molecule has 2 aromatic rings. The molecule has 116 valence electrons. The van der Waals surface area contributed by atoms with Gasteiger partial charge in [0.2, 0.25) is 5.91 Å². The highest BCUT2D eigenvalue weighted by Crippen LogP contribution is 2.14. The molecular formula is C16H14F3NO2. The fraction of sp³-hybridized carbons (Fsp3) is 0.188. The number of nitrogens with one attached hydrogen (secondary N) is 1. The lowest BCUT2D eigenvalue weighted by molar-refractivity contribution is -0.120. The van der Waals surface area contributed by atoms with Crippen LogP contribution in [0.5, 0.6) is 5.75 Å². The van der Waals surface area contributed by atoms with Gasteiger partial charge >= 0.3 is 0 Å². The monoisotopic (exact) mass is 309 g/mol. The third-order valence-electron chi connectivity index (χ3n) is 3.11. The van der Waals surface area contributed by atoms with Crippen LogP contribution >= 0.6 is 0 Å². The van der Waals surface area contributed by atoms with Crippen LogP contribution in [-0.2, 0) is 17.6 Å². The second-order valence-corrected chi connectivity index (χ2v) is 4.80. The summed E-state index contributed by atoms with van der Waals surface area (Å²) < 4.78 is 39.2. The molecule has 2 N–H and O–H groups in total. The fourth-order valence-corrected chi connectivity index (χ4v) is 1.94. The normalized spacial score (nSPS) is 10.5. The van der Waals surface area contributed by atoms with Crippen molar-refractivity contribution in [1.29, 1.82) is 0 Å². The van der Waals surface area contributed by atoms with Gasteiger partial charge in [0.15, 0.2) is 11.6 Å². The number of benzene rings is 2. The van der Waals surface area contributed by atoms with Crippen LogP contribution in [0.15, 0.2) is 36.4 Å². The van der Waals surface area contributed by atoms with Crippen molar-refractivity contribution in [3.8, 4) is 5.75 Å². The first-order valence-electron chi connectivity index (χ1n) is 6.63. The van der Waals surface area contributed by atoms with Gasteiger partial charge in [-0.15, -0.1) is 0 Å². The maximum Gasteiger partial charge on any atom is 0.224 e. The average Bonchev–Trinajstić information content (AvgIpc) is 2.47. The zero-order chi connectivity index (χ0) is 16.1. The molecule has 0 aliphatic heterocycles. The van der Waals surface area contributed by atoms with Gasteiger partial charge in [0.25, 0.3) is 0 Å². The predicted octanol–water partition coefficient (Wildman–Crippen LogP) is 2.71. The molecule has 1 amide bonds. The van der Waals surface area contributed by atoms with Crippen LogP contribution in [0.2, 0.25) is 0 Å². The van der Waals surface area contributed by atoms with Crippen molar-refractivity contribution >= 4 is 5.91 Å². The van der Waals surface area contributed by atoms with Crippen molar-refractivity contribution in [2.24, 2.45) is 0 Å². The van der Waals surface area contributed by atoms with Gasteiger partial charge in [-0.2, -0.15) is 0 Å². The standard InChI is InChI=1S/C16H14F3NO2/c17-13-9-15(19)14(18)7-11(13)8-16(22)20-6-5-10-1-3-12(21)4-2-10/h1-4,7,9,21H,5-6,8H2,(H,20,22). The smallest absolute Gasteiger partial charge is 0.224 e. The number of hydrogen-bond donors (Lipinski definition) is 2. The van der Waals surface area contributed by atoms with Crippen LogP contribution < -0.4 is 5.32 Å². The van der Waals surface area contributed by atoms with Crippen molar-refractivity contribution in [3.63, 3.8) is 0 Å². The van der Waals surface area contributed by atoms with Crippen molar-refractivity contribution in [1.82, 2.24) is 5.32 Å². The van der Waals surface area contributed by atoms with Gasteiger partial charge in [-0.3, -0.25) is 4.79 Å². The van der Waals surface area contributed by atoms with E-state index in [1.54, 1.807) is 12.1 Å². The number of carbonyl (C=O) groups is 1. The van der Waals surface area contributed by atoms with Gasteiger partial charge in [-0.05, 0) is 30.2 Å². The largest absolute Gasteiger partial charge is 0.508 e. The van der Waals surface area contributed by atoms with E-state index in [9.17, 15) is 18.0 Å². The maximum atomic E-state index is 13.4. The molecule has 0 heterocycles. The molecule has 0 fully saturated rings. The van der Waals surface area contributed by atoms with Crippen molar-refractivity contribution in [2.45, 2.75) is 12.8 Å². The summed E-state index contributed by atoms with van der Waals surface area (Å²) in [7, 11) is 0. The lowest BCUT2D eigenvalue weighted by atomic mass is 10.1. The first kappa shape index (κ1) is 15.9. The first-order valence-corrected chi connectivity index (χ1v) is 6.63. The minimum atomic E-state index is -1.28. The lowest BCUT2D eigenvalue weighted by Crippen LogP contribution is -2.27. The summed E-state index contributed by atoms with van der Waals surface area (Å²) in [6.07, 6.45) is 0.172. The van der Waals surface area contributed by atoms with Gasteiger partial charge in [0.1, 0.15) is 11.6 Å². The van der Waals surface area contributed by atoms with E-state index in [0.717, 1.165) is 5.56 Å². The first-order chi connectivity index (χ1) is 10.5. The third-order valence-corrected chi connectivity index (χ3v) is 3.11. The maximum absolute atomic E-state index is 13.4. The number of rotatable bonds is 5. The van der Waals surface area contributed by atoms with Gasteiger partial charge in [0, 0.05) is 18.2 Å². The molecule has 0 unspecified atom stereocenters. The molecule has 22 heavy (non-hydrogen) atoms. The molecule has 0 radical (unpaired) electrons. The van der Waals surface area contributed by atoms with Gasteiger partial charge in [0.05, 0.1) is 6.42 Å². The van der Waals surface area contributed by atoms with Crippen LogP contribution in [0.4, 0.5) is 13.2 Å². The summed E-state index contributed by atoms with van der Waals surface area (Å²) in [5, 5.41) is 11.7. The Kier molecular flexibility index (Phi) is 5.04. The molecule has 2 aromatic carbocycles. The van der Waals surface area contributed by atoms with Crippen molar-refractivity contribution in [3.05, 3.63) is 65.0 Å². The summed E-state index contributed by atoms with van der Waals surface area (Å²) in [6, 6.07) is 7.62. The van der Waals surface area contributed by atoms with Crippen LogP contribution in [0.3, 0.4) is 0 Å². The zero-order valence-corrected chi connectivity index (χ0v) is 11.6. The Morgan fingerprint density at radius 3 is 2.32 bits per heavy atom. The lowest BCUT2D eigenvalue weighted by Gasteiger charge is -2.07. The van der Waals surface area contributed by atoms with Gasteiger partial charge in [-0.25, -0.2) is 13.2 Å². The van der Waals surface area contributed by atoms with E-state index in [-0.39, 0.29) is 17.7 Å². The van der Waals surface area contributed by atoms with E-state index in [1.165, 1.54) is 12.1 Å². The van der Waals surface area contributed by atoms with Crippen LogP contribution in [-0.4, -0.2) is 17.6 Å². The predicted molar refractivity (Wildman–Crippen MR) is 74.8 cm³/mol. The second-order valence-electron chi connectivity index (χ2n) is 4.80. The topological polar surface area (TPSA) is 49.3 Å². The molecule has 0 aliphatic carbocycles. The summed E-state index contributed by atoms with van der Waals surface area (Å²) in [4.78, 5) is 11.7. The number of aromatic hydroxyl groups is 1. The SMILES string of the molecule is O=C(Cc1cc(F)c(F)cc1F)NCCc1ccc(O)cc1. The number of carbonyl (C=O) groups excluding carboxylic acids is 1. The summed E-state index contributed by atoms with van der Waals surface area (Å²) in [5.41, 5.74) is 0.721. The quantitative estimate of drug-likeness (QED) is 0.834. The van der Waals surface area contributed by atoms with Crippen LogP contribution in [0, 0.1) is 17.5 Å². The van der Waals surface area contributed by atoms with Crippen molar-refractivity contribution < 1.29 is 23.1 Å². The summed E-state index contributed by atoms with van der Waals surface area (Å²) in [6.45, 7) is 0.314. The molecule has 0 aromatic heterocycles. The number of amides is 1. The molecule has 3 nitrogen and oxygen atoms in total. The molecular weight excluding hydrogens is 295 g/mol. The molecule has 0 saturated heterocycles. The second kappa shape index (κ2) is 6.98. The molecule has 0 saturated carbocycles. The average molecular weight is 309 g/mol. The molecule has 6 heteroatoms. The number of phenolic OH excluding ortho intramolecular Hbond substituents is 1. The van der Waals surface area contributed by atoms with Crippen molar-refractivity contribution in [2.75, 3.05) is 6.54 Å². The van der Waals surface area contributed by atoms with Crippen LogP contribution in [0.25, 0.3) is 0 Å². The molecule has 0 atom stereocenters. The zero-order valence-electron chi connectivity index (χ0n) is 11.6. The number of phenols is 1. The Morgan fingerprint density at radius 2 is 1.64 bits per heavy atom. The van der Waals surface area contributed by atoms with E-state index in [0.29, 0.717) is 25.1 Å². The Morgan fingerprint density at radius 1 is 1.00 bits per heavy atom. The minimum absolute atomic E-state index is 0.154. The highest BCUT2D eigenvalue weighted by Gasteiger charge is 2.12. The molecule has 0 spiro atoms. The Hall–Kier alpha value is -2.50. The summed E-state index contributed by atoms with van der Waals surface area (Å²) >= 11 is 0. The molecule has 0 bridgehead atoms. The molecule has 0 aliphatic rings. The summed E-state index contributed by atoms with van der Waals surface area (Å²) in [5.74, 6) is -3.75. The van der Waals surface area contributed by atoms with E-state index in [1.807, 2.05) is 0 Å². The number of halogens is 3. The molecule has 2 rings (SSSR count). The van der Waals surface area contributed by atoms with Crippen LogP contribution in [0.1, 0.15) is 11.1 Å². The van der Waals surface area contributed by atoms with Gasteiger partial charge in [-0.1, -0.05) is 12.1 Å². The fourth-order valence-electron chi connectivity index (χ4n) is 1.94. The Balaban J connectivity index is 1.85. The van der Waals surface area contributed by atoms with E-state index >= 15 is 0 Å². The van der Waals surface area contributed by atoms with E-state index < -0.39 is 23.4 Å². The van der Waals surface area contributed by atoms with E-state index in [2.05, 4.69) is 5.32 Å². The van der Waals surface area contributed by atoms with E-state index in [4.69, 9.17) is 5.11 Å². The minimum Gasteiger partial charge on any atom is -0.508 e. The highest BCUT2D eigenvalue weighted by atomic mass is 19.2. The third kappa shape index (κ3) is 4.25.